The van der Waals surface area contributed by atoms with E-state index < -0.39 is 0 Å². The molecule has 3 fully saturated rings. The van der Waals surface area contributed by atoms with Crippen LogP contribution in [0.25, 0.3) is 0 Å². The number of hydrogen-bond donors (Lipinski definition) is 0. The first-order valence-electron chi connectivity index (χ1n) is 9.52. The molecule has 3 aliphatic rings. The smallest absolute Gasteiger partial charge is 0.226 e. The summed E-state index contributed by atoms with van der Waals surface area (Å²) in [6, 6.07) is 8.23. The van der Waals surface area contributed by atoms with E-state index in [2.05, 4.69) is 21.9 Å². The summed E-state index contributed by atoms with van der Waals surface area (Å²) in [4.78, 5) is 17.4. The predicted molar refractivity (Wildman–Crippen MR) is 95.3 cm³/mol. The average molecular weight is 328 g/mol. The standard InChI is InChI=1S/C20H28N2O2/c1-2-24-19-6-4-3-5-18(19)21-9-11-22(12-10-21)20(23)17-14-15-7-8-16(17)13-15/h3-6,15-17H,2,7-14H2,1H3/t15-,16-,17+/m1/s1. The molecule has 0 unspecified atom stereocenters. The summed E-state index contributed by atoms with van der Waals surface area (Å²) in [6.45, 7) is 6.18. The van der Waals surface area contributed by atoms with E-state index in [-0.39, 0.29) is 0 Å². The molecule has 1 heterocycles. The van der Waals surface area contributed by atoms with Crippen LogP contribution in [0.15, 0.2) is 24.3 Å². The number of amides is 1. The van der Waals surface area contributed by atoms with Gasteiger partial charge in [-0.05, 0) is 50.2 Å². The number of carbonyl (C=O) groups is 1. The Labute approximate surface area is 144 Å². The zero-order valence-corrected chi connectivity index (χ0v) is 14.6. The van der Waals surface area contributed by atoms with Crippen LogP contribution in [0.5, 0.6) is 5.75 Å². The van der Waals surface area contributed by atoms with Crippen molar-refractivity contribution in [1.29, 1.82) is 0 Å². The molecule has 1 aliphatic heterocycles. The zero-order valence-electron chi connectivity index (χ0n) is 14.6. The molecule has 0 aromatic heterocycles. The van der Waals surface area contributed by atoms with Gasteiger partial charge in [-0.2, -0.15) is 0 Å². The molecule has 2 saturated carbocycles. The van der Waals surface area contributed by atoms with Crippen molar-refractivity contribution in [2.75, 3.05) is 37.7 Å². The minimum atomic E-state index is 0.325. The topological polar surface area (TPSA) is 32.8 Å². The van der Waals surface area contributed by atoms with E-state index in [9.17, 15) is 4.79 Å². The quantitative estimate of drug-likeness (QED) is 0.851. The number of piperazine rings is 1. The molecule has 1 aromatic carbocycles. The van der Waals surface area contributed by atoms with Crippen molar-refractivity contribution in [3.63, 3.8) is 0 Å². The number of carbonyl (C=O) groups excluding carboxylic acids is 1. The van der Waals surface area contributed by atoms with Gasteiger partial charge in [0.1, 0.15) is 5.75 Å². The maximum atomic E-state index is 12.9. The SMILES string of the molecule is CCOc1ccccc1N1CCN(C(=O)[C@H]2C[C@@H]3CC[C@@H]2C3)CC1. The third-order valence-corrected chi connectivity index (χ3v) is 6.15. The van der Waals surface area contributed by atoms with Gasteiger partial charge in [0.25, 0.3) is 0 Å². The van der Waals surface area contributed by atoms with Crippen LogP contribution < -0.4 is 9.64 Å². The Morgan fingerprint density at radius 2 is 1.92 bits per heavy atom. The highest BCUT2D eigenvalue weighted by molar-refractivity contribution is 5.80. The number of fused-ring (bicyclic) bond motifs is 2. The van der Waals surface area contributed by atoms with Gasteiger partial charge in [-0.15, -0.1) is 0 Å². The van der Waals surface area contributed by atoms with Gasteiger partial charge in [-0.3, -0.25) is 4.79 Å². The second-order valence-corrected chi connectivity index (χ2v) is 7.49. The summed E-state index contributed by atoms with van der Waals surface area (Å²) in [5, 5.41) is 0. The summed E-state index contributed by atoms with van der Waals surface area (Å²) in [5.74, 6) is 3.22. The Bertz CT molecular complexity index is 595. The second-order valence-electron chi connectivity index (χ2n) is 7.49. The van der Waals surface area contributed by atoms with E-state index in [0.717, 1.165) is 50.0 Å². The van der Waals surface area contributed by atoms with Crippen LogP contribution in [0.2, 0.25) is 0 Å². The Morgan fingerprint density at radius 1 is 1.12 bits per heavy atom. The first-order chi connectivity index (χ1) is 11.8. The van der Waals surface area contributed by atoms with Gasteiger partial charge in [0.15, 0.2) is 0 Å². The summed E-state index contributed by atoms with van der Waals surface area (Å²) >= 11 is 0. The monoisotopic (exact) mass is 328 g/mol. The van der Waals surface area contributed by atoms with Crippen molar-refractivity contribution < 1.29 is 9.53 Å². The van der Waals surface area contributed by atoms with Crippen LogP contribution >= 0.6 is 0 Å². The van der Waals surface area contributed by atoms with Gasteiger partial charge in [0, 0.05) is 32.1 Å². The molecule has 4 nitrogen and oxygen atoms in total. The number of ether oxygens (including phenoxy) is 1. The molecule has 24 heavy (non-hydrogen) atoms. The molecular formula is C20H28N2O2. The third-order valence-electron chi connectivity index (χ3n) is 6.15. The molecule has 4 rings (SSSR count). The van der Waals surface area contributed by atoms with Gasteiger partial charge in [-0.1, -0.05) is 18.6 Å². The van der Waals surface area contributed by atoms with E-state index in [1.807, 2.05) is 19.1 Å². The van der Waals surface area contributed by atoms with E-state index in [1.165, 1.54) is 19.3 Å². The zero-order chi connectivity index (χ0) is 16.5. The third kappa shape index (κ3) is 2.87. The van der Waals surface area contributed by atoms with Gasteiger partial charge in [-0.25, -0.2) is 0 Å². The highest BCUT2D eigenvalue weighted by Gasteiger charge is 2.44. The van der Waals surface area contributed by atoms with E-state index in [1.54, 1.807) is 0 Å². The lowest BCUT2D eigenvalue weighted by atomic mass is 9.87. The summed E-state index contributed by atoms with van der Waals surface area (Å²) < 4.78 is 5.76. The van der Waals surface area contributed by atoms with Crippen LogP contribution in [-0.4, -0.2) is 43.6 Å². The van der Waals surface area contributed by atoms with Crippen molar-refractivity contribution in [2.24, 2.45) is 17.8 Å². The number of anilines is 1. The van der Waals surface area contributed by atoms with Gasteiger partial charge >= 0.3 is 0 Å². The molecule has 130 valence electrons. The van der Waals surface area contributed by atoms with E-state index in [0.29, 0.717) is 24.3 Å². The number of hydrogen-bond acceptors (Lipinski definition) is 3. The Balaban J connectivity index is 1.38. The van der Waals surface area contributed by atoms with Crippen molar-refractivity contribution in [1.82, 2.24) is 4.90 Å². The molecule has 0 spiro atoms. The molecule has 0 radical (unpaired) electrons. The van der Waals surface area contributed by atoms with Gasteiger partial charge in [0.2, 0.25) is 5.91 Å². The minimum Gasteiger partial charge on any atom is -0.492 e. The summed E-state index contributed by atoms with van der Waals surface area (Å²) in [6.07, 6.45) is 5.09. The van der Waals surface area contributed by atoms with Crippen molar-refractivity contribution in [3.05, 3.63) is 24.3 Å². The molecule has 3 atom stereocenters. The fourth-order valence-electron chi connectivity index (χ4n) is 4.95. The second kappa shape index (κ2) is 6.66. The molecule has 0 N–H and O–H groups in total. The molecule has 2 aliphatic carbocycles. The van der Waals surface area contributed by atoms with Crippen LogP contribution in [0.1, 0.15) is 32.6 Å². The molecule has 1 amide bonds. The highest BCUT2D eigenvalue weighted by atomic mass is 16.5. The van der Waals surface area contributed by atoms with Crippen molar-refractivity contribution >= 4 is 11.6 Å². The lowest BCUT2D eigenvalue weighted by molar-refractivity contribution is -0.137. The predicted octanol–water partition coefficient (Wildman–Crippen LogP) is 3.17. The Kier molecular flexibility index (Phi) is 4.38. The summed E-state index contributed by atoms with van der Waals surface area (Å²) in [7, 11) is 0. The first-order valence-corrected chi connectivity index (χ1v) is 9.52. The molecular weight excluding hydrogens is 300 g/mol. The van der Waals surface area contributed by atoms with Crippen molar-refractivity contribution in [2.45, 2.75) is 32.6 Å². The fraction of sp³-hybridized carbons (Fsp3) is 0.650. The average Bonchev–Trinajstić information content (AvgIpc) is 3.25. The van der Waals surface area contributed by atoms with Crippen LogP contribution in [0.3, 0.4) is 0 Å². The Hall–Kier alpha value is -1.71. The Morgan fingerprint density at radius 3 is 2.58 bits per heavy atom. The van der Waals surface area contributed by atoms with Crippen LogP contribution in [-0.2, 0) is 4.79 Å². The van der Waals surface area contributed by atoms with Crippen LogP contribution in [0, 0.1) is 17.8 Å². The molecule has 2 bridgehead atoms. The number of nitrogens with zero attached hydrogens (tertiary/aromatic N) is 2. The van der Waals surface area contributed by atoms with E-state index in [4.69, 9.17) is 4.74 Å². The van der Waals surface area contributed by atoms with Crippen LogP contribution in [0.4, 0.5) is 5.69 Å². The fourth-order valence-corrected chi connectivity index (χ4v) is 4.95. The molecule has 1 aromatic rings. The van der Waals surface area contributed by atoms with E-state index >= 15 is 0 Å². The summed E-state index contributed by atoms with van der Waals surface area (Å²) in [5.41, 5.74) is 1.16. The maximum absolute atomic E-state index is 12.9. The molecule has 4 heteroatoms. The number of rotatable bonds is 4. The maximum Gasteiger partial charge on any atom is 0.226 e. The lowest BCUT2D eigenvalue weighted by Gasteiger charge is -2.38. The lowest BCUT2D eigenvalue weighted by Crippen LogP contribution is -2.51. The van der Waals surface area contributed by atoms with Crippen molar-refractivity contribution in [3.8, 4) is 5.75 Å². The minimum absolute atomic E-state index is 0.325. The number of para-hydroxylation sites is 2. The number of benzene rings is 1. The van der Waals surface area contributed by atoms with Gasteiger partial charge in [0.05, 0.1) is 12.3 Å². The largest absolute Gasteiger partial charge is 0.492 e. The van der Waals surface area contributed by atoms with Gasteiger partial charge < -0.3 is 14.5 Å². The normalized spacial score (nSPS) is 29.1. The first kappa shape index (κ1) is 15.8. The highest BCUT2D eigenvalue weighted by Crippen LogP contribution is 2.49. The molecule has 1 saturated heterocycles.